The van der Waals surface area contributed by atoms with E-state index < -0.39 is 0 Å². The van der Waals surface area contributed by atoms with Gasteiger partial charge in [-0.2, -0.15) is 16.9 Å². The molecule has 5 heteroatoms. The molecule has 1 aliphatic carbocycles. The molecule has 1 fully saturated rings. The van der Waals surface area contributed by atoms with Gasteiger partial charge in [0.1, 0.15) is 0 Å². The van der Waals surface area contributed by atoms with Gasteiger partial charge in [0.25, 0.3) is 5.91 Å². The number of carbonyl (C=O) groups is 1. The summed E-state index contributed by atoms with van der Waals surface area (Å²) in [7, 11) is 1.88. The molecule has 1 heterocycles. The average molecular weight is 295 g/mol. The fraction of sp³-hybridized carbons (Fsp3) is 0.733. The maximum absolute atomic E-state index is 12.5. The minimum atomic E-state index is 0.0419. The Morgan fingerprint density at radius 2 is 2.20 bits per heavy atom. The van der Waals surface area contributed by atoms with Crippen LogP contribution < -0.4 is 5.32 Å². The molecule has 0 aromatic carbocycles. The van der Waals surface area contributed by atoms with Gasteiger partial charge in [-0.3, -0.25) is 9.48 Å². The van der Waals surface area contributed by atoms with Crippen LogP contribution in [0.25, 0.3) is 0 Å². The lowest BCUT2D eigenvalue weighted by Crippen LogP contribution is -2.39. The fourth-order valence-electron chi connectivity index (χ4n) is 3.02. The first kappa shape index (κ1) is 15.4. The van der Waals surface area contributed by atoms with E-state index in [1.54, 1.807) is 4.68 Å². The van der Waals surface area contributed by atoms with Crippen molar-refractivity contribution >= 4 is 17.7 Å². The molecule has 0 radical (unpaired) electrons. The molecule has 1 aromatic heterocycles. The average Bonchev–Trinajstić information content (AvgIpc) is 2.64. The summed E-state index contributed by atoms with van der Waals surface area (Å²) >= 11 is 2.02. The van der Waals surface area contributed by atoms with Crippen LogP contribution in [0.2, 0.25) is 0 Å². The van der Waals surface area contributed by atoms with Crippen molar-refractivity contribution in [3.8, 4) is 0 Å². The van der Waals surface area contributed by atoms with Crippen LogP contribution in [-0.4, -0.2) is 32.7 Å². The van der Waals surface area contributed by atoms with Crippen LogP contribution >= 0.6 is 11.8 Å². The molecule has 1 amide bonds. The fourth-order valence-corrected chi connectivity index (χ4v) is 4.20. The Balaban J connectivity index is 2.00. The minimum Gasteiger partial charge on any atom is -0.349 e. The van der Waals surface area contributed by atoms with E-state index in [0.717, 1.165) is 35.5 Å². The standard InChI is InChI=1S/C15H25N3OS/c1-5-20-13-8-6-7-12(9-13)16-15(19)14-10(2)17-18(4)11(14)3/h12-13H,5-9H2,1-4H3,(H,16,19)/t12-,13-/m0/s1. The summed E-state index contributed by atoms with van der Waals surface area (Å²) < 4.78 is 1.78. The van der Waals surface area contributed by atoms with Crippen LogP contribution in [0.5, 0.6) is 0 Å². The van der Waals surface area contributed by atoms with Gasteiger partial charge in [0.05, 0.1) is 11.3 Å². The summed E-state index contributed by atoms with van der Waals surface area (Å²) in [5, 5.41) is 8.24. The van der Waals surface area contributed by atoms with Crippen molar-refractivity contribution in [3.05, 3.63) is 17.0 Å². The Labute approximate surface area is 125 Å². The van der Waals surface area contributed by atoms with Crippen molar-refractivity contribution in [1.82, 2.24) is 15.1 Å². The first-order valence-electron chi connectivity index (χ1n) is 7.45. The topological polar surface area (TPSA) is 46.9 Å². The summed E-state index contributed by atoms with van der Waals surface area (Å²) in [6, 6.07) is 0.319. The molecule has 0 bridgehead atoms. The maximum Gasteiger partial charge on any atom is 0.255 e. The van der Waals surface area contributed by atoms with Crippen molar-refractivity contribution in [2.75, 3.05) is 5.75 Å². The molecule has 4 nitrogen and oxygen atoms in total. The second-order valence-corrected chi connectivity index (χ2v) is 7.16. The molecule has 0 saturated heterocycles. The van der Waals surface area contributed by atoms with Crippen LogP contribution in [0.4, 0.5) is 0 Å². The smallest absolute Gasteiger partial charge is 0.255 e. The van der Waals surface area contributed by atoms with Crippen LogP contribution in [0.15, 0.2) is 0 Å². The number of thioether (sulfide) groups is 1. The molecular formula is C15H25N3OS. The normalized spacial score (nSPS) is 22.8. The van der Waals surface area contributed by atoms with Crippen LogP contribution in [-0.2, 0) is 7.05 Å². The Bertz CT molecular complexity index is 482. The highest BCUT2D eigenvalue weighted by Crippen LogP contribution is 2.28. The van der Waals surface area contributed by atoms with Crippen LogP contribution in [0, 0.1) is 13.8 Å². The third kappa shape index (κ3) is 3.37. The molecule has 2 rings (SSSR count). The van der Waals surface area contributed by atoms with E-state index in [1.807, 2.05) is 32.7 Å². The van der Waals surface area contributed by atoms with E-state index in [-0.39, 0.29) is 5.91 Å². The van der Waals surface area contributed by atoms with Crippen LogP contribution in [0.3, 0.4) is 0 Å². The summed E-state index contributed by atoms with van der Waals surface area (Å²) in [4.78, 5) is 12.5. The van der Waals surface area contributed by atoms with Crippen molar-refractivity contribution in [2.45, 2.75) is 57.7 Å². The van der Waals surface area contributed by atoms with E-state index in [0.29, 0.717) is 11.3 Å². The quantitative estimate of drug-likeness (QED) is 0.929. The molecule has 112 valence electrons. The maximum atomic E-state index is 12.5. The lowest BCUT2D eigenvalue weighted by molar-refractivity contribution is 0.0927. The van der Waals surface area contributed by atoms with Gasteiger partial charge in [0.15, 0.2) is 0 Å². The number of aromatic nitrogens is 2. The second kappa shape index (κ2) is 6.66. The molecule has 0 aliphatic heterocycles. The number of carbonyl (C=O) groups excluding carboxylic acids is 1. The predicted molar refractivity (Wildman–Crippen MR) is 84.3 cm³/mol. The predicted octanol–water partition coefficient (Wildman–Crippen LogP) is 2.83. The monoisotopic (exact) mass is 295 g/mol. The third-order valence-corrected chi connectivity index (χ3v) is 5.33. The highest BCUT2D eigenvalue weighted by atomic mass is 32.2. The summed E-state index contributed by atoms with van der Waals surface area (Å²) in [5.41, 5.74) is 2.51. The number of nitrogens with zero attached hydrogens (tertiary/aromatic N) is 2. The number of hydrogen-bond acceptors (Lipinski definition) is 3. The van der Waals surface area contributed by atoms with Gasteiger partial charge in [-0.25, -0.2) is 0 Å². The van der Waals surface area contributed by atoms with E-state index >= 15 is 0 Å². The molecule has 0 spiro atoms. The third-order valence-electron chi connectivity index (χ3n) is 4.10. The molecule has 1 aromatic rings. The van der Waals surface area contributed by atoms with E-state index in [1.165, 1.54) is 12.8 Å². The zero-order chi connectivity index (χ0) is 14.7. The molecular weight excluding hydrogens is 270 g/mol. The number of rotatable bonds is 4. The van der Waals surface area contributed by atoms with Gasteiger partial charge >= 0.3 is 0 Å². The van der Waals surface area contributed by atoms with Crippen molar-refractivity contribution in [2.24, 2.45) is 7.05 Å². The minimum absolute atomic E-state index is 0.0419. The highest BCUT2D eigenvalue weighted by molar-refractivity contribution is 7.99. The molecule has 20 heavy (non-hydrogen) atoms. The van der Waals surface area contributed by atoms with Crippen LogP contribution in [0.1, 0.15) is 54.4 Å². The van der Waals surface area contributed by atoms with Crippen molar-refractivity contribution in [1.29, 1.82) is 0 Å². The van der Waals surface area contributed by atoms with Gasteiger partial charge in [-0.1, -0.05) is 13.3 Å². The summed E-state index contributed by atoms with van der Waals surface area (Å²) in [5.74, 6) is 1.20. The SMILES string of the molecule is CCS[C@H]1CCC[C@H](NC(=O)c2c(C)nn(C)c2C)C1. The molecule has 1 aliphatic rings. The molecule has 0 unspecified atom stereocenters. The number of hydrogen-bond donors (Lipinski definition) is 1. The van der Waals surface area contributed by atoms with Gasteiger partial charge in [0, 0.05) is 24.0 Å². The molecule has 2 atom stereocenters. The summed E-state index contributed by atoms with van der Waals surface area (Å²) in [6.07, 6.45) is 4.71. The Morgan fingerprint density at radius 1 is 1.45 bits per heavy atom. The Hall–Kier alpha value is -0.970. The first-order chi connectivity index (χ1) is 9.52. The van der Waals surface area contributed by atoms with Gasteiger partial charge < -0.3 is 5.32 Å². The number of amides is 1. The lowest BCUT2D eigenvalue weighted by atomic mass is 9.94. The number of aryl methyl sites for hydroxylation is 2. The van der Waals surface area contributed by atoms with Crippen molar-refractivity contribution in [3.63, 3.8) is 0 Å². The molecule has 1 N–H and O–H groups in total. The first-order valence-corrected chi connectivity index (χ1v) is 8.50. The highest BCUT2D eigenvalue weighted by Gasteiger charge is 2.25. The summed E-state index contributed by atoms with van der Waals surface area (Å²) in [6.45, 7) is 6.05. The van der Waals surface area contributed by atoms with Gasteiger partial charge in [-0.15, -0.1) is 0 Å². The van der Waals surface area contributed by atoms with Gasteiger partial charge in [-0.05, 0) is 38.9 Å². The Morgan fingerprint density at radius 3 is 2.80 bits per heavy atom. The number of nitrogens with one attached hydrogen (secondary N) is 1. The lowest BCUT2D eigenvalue weighted by Gasteiger charge is -2.29. The zero-order valence-corrected chi connectivity index (χ0v) is 13.7. The molecule has 1 saturated carbocycles. The largest absolute Gasteiger partial charge is 0.349 e. The van der Waals surface area contributed by atoms with Crippen molar-refractivity contribution < 1.29 is 4.79 Å². The van der Waals surface area contributed by atoms with E-state index in [2.05, 4.69) is 17.3 Å². The van der Waals surface area contributed by atoms with E-state index in [4.69, 9.17) is 0 Å². The van der Waals surface area contributed by atoms with Gasteiger partial charge in [0.2, 0.25) is 0 Å². The van der Waals surface area contributed by atoms with E-state index in [9.17, 15) is 4.79 Å². The second-order valence-electron chi connectivity index (χ2n) is 5.58. The Kier molecular flexibility index (Phi) is 5.13. The zero-order valence-electron chi connectivity index (χ0n) is 12.9.